The number of anilines is 2. The molecule has 112 valence electrons. The van der Waals surface area contributed by atoms with Gasteiger partial charge < -0.3 is 15.8 Å². The van der Waals surface area contributed by atoms with E-state index in [0.717, 1.165) is 22.0 Å². The van der Waals surface area contributed by atoms with Crippen molar-refractivity contribution >= 4 is 29.0 Å². The van der Waals surface area contributed by atoms with Crippen LogP contribution < -0.4 is 15.8 Å². The molecule has 0 aliphatic heterocycles. The number of aryl methyl sites for hydroxylation is 2. The number of carbonyl (C=O) groups is 1. The smallest absolute Gasteiger partial charge is 0.234 e. The summed E-state index contributed by atoms with van der Waals surface area (Å²) in [6.45, 7) is 3.70. The second-order valence-electron chi connectivity index (χ2n) is 4.55. The summed E-state index contributed by atoms with van der Waals surface area (Å²) in [6, 6.07) is 5.38. The Morgan fingerprint density at radius 2 is 2.24 bits per heavy atom. The maximum absolute atomic E-state index is 12.0. The molecule has 0 radical (unpaired) electrons. The number of hydrogen-bond acceptors (Lipinski definition) is 5. The molecule has 21 heavy (non-hydrogen) atoms. The van der Waals surface area contributed by atoms with Crippen molar-refractivity contribution in [2.75, 3.05) is 23.9 Å². The van der Waals surface area contributed by atoms with Crippen LogP contribution in [0.15, 0.2) is 23.1 Å². The van der Waals surface area contributed by atoms with Crippen LogP contribution in [0.3, 0.4) is 0 Å². The first-order valence-electron chi connectivity index (χ1n) is 6.39. The van der Waals surface area contributed by atoms with E-state index >= 15 is 0 Å². The summed E-state index contributed by atoms with van der Waals surface area (Å²) in [7, 11) is 1.59. The minimum Gasteiger partial charge on any atom is -0.497 e. The number of ether oxygens (including phenoxy) is 1. The van der Waals surface area contributed by atoms with Crippen LogP contribution in [-0.4, -0.2) is 29.0 Å². The minimum atomic E-state index is -0.102. The molecular weight excluding hydrogens is 288 g/mol. The zero-order chi connectivity index (χ0) is 15.4. The molecule has 2 aromatic rings. The number of nitrogens with zero attached hydrogens (tertiary/aromatic N) is 1. The molecule has 4 N–H and O–H groups in total. The Balaban J connectivity index is 1.98. The monoisotopic (exact) mass is 306 g/mol. The van der Waals surface area contributed by atoms with Gasteiger partial charge in [0.1, 0.15) is 5.75 Å². The molecule has 0 aliphatic carbocycles. The number of methoxy groups -OCH3 is 1. The molecule has 1 aromatic carbocycles. The van der Waals surface area contributed by atoms with Crippen molar-refractivity contribution in [3.8, 4) is 5.75 Å². The highest BCUT2D eigenvalue weighted by molar-refractivity contribution is 8.00. The molecule has 0 aliphatic rings. The average Bonchev–Trinajstić information content (AvgIpc) is 2.78. The number of rotatable bonds is 5. The first kappa shape index (κ1) is 15.2. The molecule has 6 nitrogen and oxygen atoms in total. The second-order valence-corrected chi connectivity index (χ2v) is 5.57. The SMILES string of the molecule is COc1ccc(N)c(SCC(=O)Nc2c(C)n[nH]c2C)c1. The maximum Gasteiger partial charge on any atom is 0.234 e. The van der Waals surface area contributed by atoms with Gasteiger partial charge in [-0.1, -0.05) is 0 Å². The number of nitrogen functional groups attached to an aromatic ring is 1. The molecule has 0 saturated carbocycles. The van der Waals surface area contributed by atoms with Gasteiger partial charge in [0.2, 0.25) is 5.91 Å². The number of benzene rings is 1. The third kappa shape index (κ3) is 3.69. The highest BCUT2D eigenvalue weighted by Crippen LogP contribution is 2.29. The van der Waals surface area contributed by atoms with Gasteiger partial charge in [-0.05, 0) is 32.0 Å². The predicted molar refractivity (Wildman–Crippen MR) is 84.8 cm³/mol. The highest BCUT2D eigenvalue weighted by atomic mass is 32.2. The fraction of sp³-hybridized carbons (Fsp3) is 0.286. The normalized spacial score (nSPS) is 10.4. The van der Waals surface area contributed by atoms with Crippen LogP contribution in [0.4, 0.5) is 11.4 Å². The van der Waals surface area contributed by atoms with Crippen molar-refractivity contribution in [2.24, 2.45) is 0 Å². The third-order valence-corrected chi connectivity index (χ3v) is 4.04. The summed E-state index contributed by atoms with van der Waals surface area (Å²) in [5, 5.41) is 9.72. The van der Waals surface area contributed by atoms with Gasteiger partial charge in [0.15, 0.2) is 0 Å². The van der Waals surface area contributed by atoms with Crippen LogP contribution in [-0.2, 0) is 4.79 Å². The van der Waals surface area contributed by atoms with Gasteiger partial charge in [0, 0.05) is 10.6 Å². The summed E-state index contributed by atoms with van der Waals surface area (Å²) < 4.78 is 5.15. The summed E-state index contributed by atoms with van der Waals surface area (Å²) in [5.74, 6) is 0.880. The molecule has 0 unspecified atom stereocenters. The number of hydrogen-bond donors (Lipinski definition) is 3. The van der Waals surface area contributed by atoms with Crippen LogP contribution >= 0.6 is 11.8 Å². The molecule has 1 heterocycles. The van der Waals surface area contributed by atoms with Crippen LogP contribution in [0, 0.1) is 13.8 Å². The van der Waals surface area contributed by atoms with E-state index in [0.29, 0.717) is 11.4 Å². The van der Waals surface area contributed by atoms with Crippen molar-refractivity contribution in [3.63, 3.8) is 0 Å². The first-order chi connectivity index (χ1) is 10.0. The van der Waals surface area contributed by atoms with E-state index in [1.807, 2.05) is 19.9 Å². The number of carbonyl (C=O) groups excluding carboxylic acids is 1. The number of thioether (sulfide) groups is 1. The van der Waals surface area contributed by atoms with Gasteiger partial charge in [-0.15, -0.1) is 11.8 Å². The lowest BCUT2D eigenvalue weighted by atomic mass is 10.3. The van der Waals surface area contributed by atoms with Gasteiger partial charge in [-0.25, -0.2) is 0 Å². The van der Waals surface area contributed by atoms with Crippen LogP contribution in [0.25, 0.3) is 0 Å². The Bertz CT molecular complexity index is 635. The van der Waals surface area contributed by atoms with Crippen LogP contribution in [0.2, 0.25) is 0 Å². The van der Waals surface area contributed by atoms with Crippen LogP contribution in [0.5, 0.6) is 5.75 Å². The van der Waals surface area contributed by atoms with Gasteiger partial charge in [0.05, 0.1) is 29.9 Å². The number of nitrogens with one attached hydrogen (secondary N) is 2. The molecule has 0 saturated heterocycles. The van der Waals surface area contributed by atoms with Crippen molar-refractivity contribution in [2.45, 2.75) is 18.7 Å². The average molecular weight is 306 g/mol. The summed E-state index contributed by atoms with van der Waals surface area (Å²) >= 11 is 1.37. The van der Waals surface area contributed by atoms with E-state index in [9.17, 15) is 4.79 Å². The molecular formula is C14H18N4O2S. The zero-order valence-corrected chi connectivity index (χ0v) is 13.0. The number of H-pyrrole nitrogens is 1. The lowest BCUT2D eigenvalue weighted by molar-refractivity contribution is -0.113. The summed E-state index contributed by atoms with van der Waals surface area (Å²) in [5.41, 5.74) is 8.87. The fourth-order valence-corrected chi connectivity index (χ4v) is 2.61. The van der Waals surface area contributed by atoms with E-state index in [1.165, 1.54) is 11.8 Å². The second kappa shape index (κ2) is 6.53. The van der Waals surface area contributed by atoms with Crippen molar-refractivity contribution in [3.05, 3.63) is 29.6 Å². The zero-order valence-electron chi connectivity index (χ0n) is 12.2. The Morgan fingerprint density at radius 3 is 2.86 bits per heavy atom. The lowest BCUT2D eigenvalue weighted by Gasteiger charge is -2.08. The molecule has 0 atom stereocenters. The quantitative estimate of drug-likeness (QED) is 0.582. The molecule has 0 bridgehead atoms. The maximum atomic E-state index is 12.0. The molecule has 1 amide bonds. The Kier molecular flexibility index (Phi) is 4.74. The van der Waals surface area contributed by atoms with Gasteiger partial charge >= 0.3 is 0 Å². The lowest BCUT2D eigenvalue weighted by Crippen LogP contribution is -2.15. The van der Waals surface area contributed by atoms with Crippen molar-refractivity contribution in [1.29, 1.82) is 0 Å². The Labute approximate surface area is 127 Å². The largest absolute Gasteiger partial charge is 0.497 e. The van der Waals surface area contributed by atoms with Crippen molar-refractivity contribution < 1.29 is 9.53 Å². The molecule has 7 heteroatoms. The number of nitrogens with two attached hydrogens (primary N) is 1. The van der Waals surface area contributed by atoms with E-state index in [2.05, 4.69) is 15.5 Å². The summed E-state index contributed by atoms with van der Waals surface area (Å²) in [4.78, 5) is 12.8. The first-order valence-corrected chi connectivity index (χ1v) is 7.37. The molecule has 0 fully saturated rings. The van der Waals surface area contributed by atoms with Gasteiger partial charge in [-0.3, -0.25) is 9.89 Å². The van der Waals surface area contributed by atoms with E-state index in [-0.39, 0.29) is 11.7 Å². The van der Waals surface area contributed by atoms with Gasteiger partial charge in [0.25, 0.3) is 0 Å². The third-order valence-electron chi connectivity index (χ3n) is 2.97. The fourth-order valence-electron chi connectivity index (χ4n) is 1.82. The predicted octanol–water partition coefficient (Wildman–Crippen LogP) is 2.35. The highest BCUT2D eigenvalue weighted by Gasteiger charge is 2.11. The van der Waals surface area contributed by atoms with Crippen LogP contribution in [0.1, 0.15) is 11.4 Å². The Hall–Kier alpha value is -2.15. The van der Waals surface area contributed by atoms with Crippen molar-refractivity contribution in [1.82, 2.24) is 10.2 Å². The minimum absolute atomic E-state index is 0.102. The Morgan fingerprint density at radius 1 is 1.48 bits per heavy atom. The topological polar surface area (TPSA) is 93.0 Å². The molecule has 2 rings (SSSR count). The summed E-state index contributed by atoms with van der Waals surface area (Å²) in [6.07, 6.45) is 0. The van der Waals surface area contributed by atoms with E-state index < -0.39 is 0 Å². The molecule has 0 spiro atoms. The van der Waals surface area contributed by atoms with E-state index in [1.54, 1.807) is 19.2 Å². The molecule has 1 aromatic heterocycles. The number of amides is 1. The number of aromatic amines is 1. The van der Waals surface area contributed by atoms with Gasteiger partial charge in [-0.2, -0.15) is 5.10 Å². The van der Waals surface area contributed by atoms with E-state index in [4.69, 9.17) is 10.5 Å². The standard InChI is InChI=1S/C14H18N4O2S/c1-8-14(9(2)18-17-8)16-13(19)7-21-12-6-10(20-3)4-5-11(12)15/h4-6H,7,15H2,1-3H3,(H,16,19)(H,17,18). The number of aromatic nitrogens is 2.